The van der Waals surface area contributed by atoms with E-state index in [9.17, 15) is 4.79 Å². The first-order valence-electron chi connectivity index (χ1n) is 8.72. The summed E-state index contributed by atoms with van der Waals surface area (Å²) in [5.41, 5.74) is 1.54. The third-order valence-electron chi connectivity index (χ3n) is 4.81. The fourth-order valence-electron chi connectivity index (χ4n) is 3.65. The summed E-state index contributed by atoms with van der Waals surface area (Å²) in [7, 11) is 3.02. The molecule has 5 nitrogen and oxygen atoms in total. The largest absolute Gasteiger partial charge is 0.494 e. The minimum absolute atomic E-state index is 0.346. The van der Waals surface area contributed by atoms with Crippen LogP contribution in [-0.4, -0.2) is 49.3 Å². The number of nitrogens with zero attached hydrogens (tertiary/aromatic N) is 2. The van der Waals surface area contributed by atoms with Crippen LogP contribution >= 0.6 is 0 Å². The lowest BCUT2D eigenvalue weighted by molar-refractivity contribution is 0.0584. The Balaban J connectivity index is 1.86. The van der Waals surface area contributed by atoms with Crippen molar-refractivity contribution in [3.63, 3.8) is 0 Å². The molecule has 1 aliphatic rings. The number of para-hydroxylation sites is 1. The Bertz CT molecular complexity index is 702. The summed E-state index contributed by atoms with van der Waals surface area (Å²) < 4.78 is 12.6. The number of aryl methyl sites for hydroxylation is 1. The van der Waals surface area contributed by atoms with Crippen molar-refractivity contribution in [3.05, 3.63) is 30.0 Å². The van der Waals surface area contributed by atoms with Crippen molar-refractivity contribution in [2.24, 2.45) is 0 Å². The molecule has 0 bridgehead atoms. The third kappa shape index (κ3) is 3.26. The highest BCUT2D eigenvalue weighted by molar-refractivity contribution is 6.01. The van der Waals surface area contributed by atoms with Crippen LogP contribution in [0.5, 0.6) is 5.75 Å². The topological polar surface area (TPSA) is 43.7 Å². The molecule has 3 rings (SSSR count). The van der Waals surface area contributed by atoms with E-state index in [0.717, 1.165) is 30.4 Å². The van der Waals surface area contributed by atoms with Crippen molar-refractivity contribution >= 4 is 16.9 Å². The molecule has 2 heterocycles. The van der Waals surface area contributed by atoms with Gasteiger partial charge in [0.1, 0.15) is 0 Å². The highest BCUT2D eigenvalue weighted by Crippen LogP contribution is 2.33. The van der Waals surface area contributed by atoms with Gasteiger partial charge in [-0.05, 0) is 51.0 Å². The second-order valence-corrected chi connectivity index (χ2v) is 6.30. The fourth-order valence-corrected chi connectivity index (χ4v) is 3.65. The summed E-state index contributed by atoms with van der Waals surface area (Å²) in [6.07, 6.45) is 4.95. The number of hydrogen-bond acceptors (Lipinski definition) is 4. The lowest BCUT2D eigenvalue weighted by atomic mass is 10.1. The Hall–Kier alpha value is -2.01. The molecule has 0 aliphatic carbocycles. The van der Waals surface area contributed by atoms with Crippen molar-refractivity contribution in [1.82, 2.24) is 9.47 Å². The van der Waals surface area contributed by atoms with Gasteiger partial charge in [0, 0.05) is 11.9 Å². The standard InChI is InChI=1S/C19H26N2O3/c1-23-18-15-9-4-5-10-16(15)21(17(18)19(22)24-2)14-8-13-20-11-6-3-7-12-20/h4-5,9-10H,3,6-8,11-14H2,1-2H3. The van der Waals surface area contributed by atoms with Crippen LogP contribution in [0.2, 0.25) is 0 Å². The summed E-state index contributed by atoms with van der Waals surface area (Å²) in [6, 6.07) is 7.97. The van der Waals surface area contributed by atoms with Gasteiger partial charge >= 0.3 is 5.97 Å². The Morgan fingerprint density at radius 3 is 2.54 bits per heavy atom. The first-order valence-corrected chi connectivity index (χ1v) is 8.72. The van der Waals surface area contributed by atoms with E-state index in [1.54, 1.807) is 7.11 Å². The van der Waals surface area contributed by atoms with Crippen molar-refractivity contribution < 1.29 is 14.3 Å². The van der Waals surface area contributed by atoms with Gasteiger partial charge in [-0.1, -0.05) is 18.6 Å². The summed E-state index contributed by atoms with van der Waals surface area (Å²) in [5, 5.41) is 0.957. The van der Waals surface area contributed by atoms with Gasteiger partial charge in [0.15, 0.2) is 11.4 Å². The zero-order valence-electron chi connectivity index (χ0n) is 14.6. The molecule has 0 saturated carbocycles. The summed E-state index contributed by atoms with van der Waals surface area (Å²) in [6.45, 7) is 4.24. The number of piperidine rings is 1. The molecule has 1 saturated heterocycles. The Morgan fingerprint density at radius 1 is 1.08 bits per heavy atom. The lowest BCUT2D eigenvalue weighted by Crippen LogP contribution is -2.31. The molecule has 1 fully saturated rings. The van der Waals surface area contributed by atoms with Gasteiger partial charge in [-0.3, -0.25) is 0 Å². The summed E-state index contributed by atoms with van der Waals surface area (Å²) in [4.78, 5) is 14.8. The van der Waals surface area contributed by atoms with Crippen LogP contribution in [0, 0.1) is 0 Å². The molecule has 0 amide bonds. The van der Waals surface area contributed by atoms with Gasteiger partial charge in [0.25, 0.3) is 0 Å². The number of fused-ring (bicyclic) bond motifs is 1. The van der Waals surface area contributed by atoms with E-state index in [0.29, 0.717) is 11.4 Å². The zero-order chi connectivity index (χ0) is 16.9. The van der Waals surface area contributed by atoms with Crippen LogP contribution in [0.25, 0.3) is 10.9 Å². The van der Waals surface area contributed by atoms with Crippen LogP contribution in [0.3, 0.4) is 0 Å². The van der Waals surface area contributed by atoms with Gasteiger partial charge < -0.3 is 18.9 Å². The van der Waals surface area contributed by atoms with E-state index in [1.165, 1.54) is 39.5 Å². The maximum absolute atomic E-state index is 12.3. The van der Waals surface area contributed by atoms with Crippen LogP contribution in [0.4, 0.5) is 0 Å². The van der Waals surface area contributed by atoms with E-state index < -0.39 is 0 Å². The maximum Gasteiger partial charge on any atom is 0.358 e. The normalized spacial score (nSPS) is 15.6. The second kappa shape index (κ2) is 7.71. The molecule has 24 heavy (non-hydrogen) atoms. The van der Waals surface area contributed by atoms with E-state index in [2.05, 4.69) is 4.90 Å². The molecule has 130 valence electrons. The van der Waals surface area contributed by atoms with Crippen molar-refractivity contribution in [2.75, 3.05) is 33.9 Å². The second-order valence-electron chi connectivity index (χ2n) is 6.30. The van der Waals surface area contributed by atoms with Gasteiger partial charge in [0.05, 0.1) is 19.7 Å². The minimum atomic E-state index is -0.346. The van der Waals surface area contributed by atoms with Gasteiger partial charge in [0.2, 0.25) is 0 Å². The summed E-state index contributed by atoms with van der Waals surface area (Å²) in [5.74, 6) is 0.261. The van der Waals surface area contributed by atoms with Crippen molar-refractivity contribution in [3.8, 4) is 5.75 Å². The zero-order valence-corrected chi connectivity index (χ0v) is 14.6. The number of aromatic nitrogens is 1. The average molecular weight is 330 g/mol. The number of likely N-dealkylation sites (tertiary alicyclic amines) is 1. The molecule has 0 N–H and O–H groups in total. The van der Waals surface area contributed by atoms with Crippen LogP contribution in [0.1, 0.15) is 36.2 Å². The number of carbonyl (C=O) groups excluding carboxylic acids is 1. The number of esters is 1. The first kappa shape index (κ1) is 16.8. The number of carbonyl (C=O) groups is 1. The fraction of sp³-hybridized carbons (Fsp3) is 0.526. The van der Waals surface area contributed by atoms with Crippen LogP contribution in [-0.2, 0) is 11.3 Å². The van der Waals surface area contributed by atoms with Crippen LogP contribution in [0.15, 0.2) is 24.3 Å². The number of hydrogen-bond donors (Lipinski definition) is 0. The molecule has 5 heteroatoms. The number of methoxy groups -OCH3 is 2. The SMILES string of the molecule is COC(=O)c1c(OC)c2ccccc2n1CCCN1CCCCC1. The number of rotatable bonds is 6. The smallest absolute Gasteiger partial charge is 0.358 e. The average Bonchev–Trinajstić information content (AvgIpc) is 2.96. The van der Waals surface area contributed by atoms with E-state index in [-0.39, 0.29) is 5.97 Å². The molecule has 1 aliphatic heterocycles. The molecule has 1 aromatic heterocycles. The molecular formula is C19H26N2O3. The van der Waals surface area contributed by atoms with Crippen molar-refractivity contribution in [2.45, 2.75) is 32.2 Å². The Kier molecular flexibility index (Phi) is 5.41. The van der Waals surface area contributed by atoms with Gasteiger partial charge in [-0.2, -0.15) is 0 Å². The van der Waals surface area contributed by atoms with Gasteiger partial charge in [-0.15, -0.1) is 0 Å². The molecular weight excluding hydrogens is 304 g/mol. The maximum atomic E-state index is 12.3. The molecule has 0 spiro atoms. The predicted octanol–water partition coefficient (Wildman–Crippen LogP) is 3.31. The van der Waals surface area contributed by atoms with Crippen LogP contribution < -0.4 is 4.74 Å². The van der Waals surface area contributed by atoms with Gasteiger partial charge in [-0.25, -0.2) is 4.79 Å². The highest BCUT2D eigenvalue weighted by Gasteiger charge is 2.24. The summed E-state index contributed by atoms with van der Waals surface area (Å²) >= 11 is 0. The lowest BCUT2D eigenvalue weighted by Gasteiger charge is -2.26. The molecule has 0 radical (unpaired) electrons. The molecule has 1 aromatic carbocycles. The quantitative estimate of drug-likeness (QED) is 0.762. The molecule has 0 unspecified atom stereocenters. The first-order chi connectivity index (χ1) is 11.8. The number of ether oxygens (including phenoxy) is 2. The third-order valence-corrected chi connectivity index (χ3v) is 4.81. The highest BCUT2D eigenvalue weighted by atomic mass is 16.5. The monoisotopic (exact) mass is 330 g/mol. The number of benzene rings is 1. The Morgan fingerprint density at radius 2 is 1.83 bits per heavy atom. The van der Waals surface area contributed by atoms with E-state index >= 15 is 0 Å². The molecule has 2 aromatic rings. The minimum Gasteiger partial charge on any atom is -0.494 e. The predicted molar refractivity (Wildman–Crippen MR) is 94.7 cm³/mol. The Labute approximate surface area is 143 Å². The van der Waals surface area contributed by atoms with Crippen molar-refractivity contribution in [1.29, 1.82) is 0 Å². The van der Waals surface area contributed by atoms with E-state index in [1.807, 2.05) is 28.8 Å². The van der Waals surface area contributed by atoms with E-state index in [4.69, 9.17) is 9.47 Å². The molecule has 0 atom stereocenters.